The van der Waals surface area contributed by atoms with Gasteiger partial charge in [0, 0.05) is 56.7 Å². The highest BCUT2D eigenvalue weighted by Crippen LogP contribution is 2.66. The van der Waals surface area contributed by atoms with Crippen molar-refractivity contribution >= 4 is 72.1 Å². The summed E-state index contributed by atoms with van der Waals surface area (Å²) in [7, 11) is 0. The van der Waals surface area contributed by atoms with Crippen molar-refractivity contribution in [3.05, 3.63) is 293 Å². The lowest BCUT2D eigenvalue weighted by atomic mass is 9.67. The first-order chi connectivity index (χ1) is 35.7. The van der Waals surface area contributed by atoms with Gasteiger partial charge in [0.1, 0.15) is 0 Å². The van der Waals surface area contributed by atoms with Gasteiger partial charge in [-0.3, -0.25) is 0 Å². The zero-order valence-corrected chi connectivity index (χ0v) is 41.3. The Morgan fingerprint density at radius 1 is 0.292 bits per heavy atom. The Morgan fingerprint density at radius 2 is 0.764 bits per heavy atom. The maximum absolute atomic E-state index is 2.56. The Kier molecular flexibility index (Phi) is 8.69. The van der Waals surface area contributed by atoms with Crippen LogP contribution in [0.2, 0.25) is 0 Å². The van der Waals surface area contributed by atoms with E-state index in [1.807, 2.05) is 34.9 Å². The Labute approximate surface area is 431 Å². The molecule has 0 atom stereocenters. The van der Waals surface area contributed by atoms with Crippen LogP contribution in [0.25, 0.3) is 53.6 Å². The molecule has 2 spiro atoms. The number of hydrogen-bond donors (Lipinski definition) is 0. The van der Waals surface area contributed by atoms with E-state index in [2.05, 4.69) is 254 Å². The van der Waals surface area contributed by atoms with Crippen LogP contribution in [0, 0.1) is 0 Å². The minimum absolute atomic E-state index is 0.502. The molecule has 1 aromatic heterocycles. The quantitative estimate of drug-likeness (QED) is 0.173. The van der Waals surface area contributed by atoms with E-state index in [0.29, 0.717) is 0 Å². The fourth-order valence-corrected chi connectivity index (χ4v) is 16.7. The van der Waals surface area contributed by atoms with Gasteiger partial charge < -0.3 is 4.90 Å². The van der Waals surface area contributed by atoms with Gasteiger partial charge in [-0.15, -0.1) is 11.3 Å². The van der Waals surface area contributed by atoms with Gasteiger partial charge in [-0.1, -0.05) is 206 Å². The van der Waals surface area contributed by atoms with Crippen molar-refractivity contribution in [2.45, 2.75) is 30.4 Å². The average Bonchev–Trinajstić information content (AvgIpc) is 4.07. The first-order valence-electron chi connectivity index (χ1n) is 24.7. The van der Waals surface area contributed by atoms with E-state index < -0.39 is 10.8 Å². The fraction of sp³-hybridized carbons (Fsp3) is 0.0294. The monoisotopic (exact) mass is 967 g/mol. The first kappa shape index (κ1) is 40.8. The maximum atomic E-state index is 2.56. The molecule has 2 aliphatic heterocycles. The summed E-state index contributed by atoms with van der Waals surface area (Å²) in [6, 6.07) is 94.3. The lowest BCUT2D eigenvalue weighted by Gasteiger charge is -2.40. The number of rotatable bonds is 4. The van der Waals surface area contributed by atoms with Crippen molar-refractivity contribution in [3.8, 4) is 33.4 Å². The second kappa shape index (κ2) is 15.3. The first-order valence-corrected chi connectivity index (χ1v) is 27.2. The van der Waals surface area contributed by atoms with Crippen LogP contribution in [0.4, 0.5) is 17.1 Å². The molecule has 16 rings (SSSR count). The summed E-state index contributed by atoms with van der Waals surface area (Å²) < 4.78 is 2.64. The molecule has 0 amide bonds. The van der Waals surface area contributed by atoms with Crippen LogP contribution in [-0.4, -0.2) is 0 Å². The molecule has 0 unspecified atom stereocenters. The molecule has 4 heteroatoms. The van der Waals surface area contributed by atoms with Gasteiger partial charge in [0.2, 0.25) is 0 Å². The molecule has 3 heterocycles. The summed E-state index contributed by atoms with van der Waals surface area (Å²) in [5.74, 6) is 0. The van der Waals surface area contributed by atoms with Gasteiger partial charge in [-0.05, 0) is 139 Å². The van der Waals surface area contributed by atoms with E-state index in [1.54, 1.807) is 0 Å². The number of thiophene rings is 1. The van der Waals surface area contributed by atoms with Crippen molar-refractivity contribution < 1.29 is 0 Å². The van der Waals surface area contributed by atoms with E-state index in [1.165, 1.54) is 118 Å². The number of hydrogen-bond acceptors (Lipinski definition) is 4. The van der Waals surface area contributed by atoms with Gasteiger partial charge in [0.25, 0.3) is 0 Å². The van der Waals surface area contributed by atoms with E-state index in [9.17, 15) is 0 Å². The van der Waals surface area contributed by atoms with E-state index in [-0.39, 0.29) is 0 Å². The number of anilines is 3. The smallest absolute Gasteiger partial charge is 0.0736 e. The van der Waals surface area contributed by atoms with Gasteiger partial charge >= 0.3 is 0 Å². The molecule has 0 saturated carbocycles. The summed E-state index contributed by atoms with van der Waals surface area (Å²) in [5, 5.41) is 2.64. The standard InChI is InChI=1S/C68H41NS3/c1-4-19-51-46(16-1)47-39-37-45(41-58(47)68(51)55-23-8-13-30-63(55)72-64-31-14-9-24-56(64)68)69(44-35-32-42(33-36-44)43-34-38-49-48-17-3-10-27-60(48)70-65(49)40-43)59-26-15-25-57-66(59)50-18-2-5-20-52(50)67(57)53-21-6-11-28-61(53)71-62-29-12-7-22-54(62)67/h1-41H. The minimum atomic E-state index is -0.510. The number of benzene rings is 11. The summed E-state index contributed by atoms with van der Waals surface area (Å²) in [6.07, 6.45) is 0. The molecule has 11 aromatic carbocycles. The highest BCUT2D eigenvalue weighted by atomic mass is 32.2. The van der Waals surface area contributed by atoms with Crippen molar-refractivity contribution in [1.29, 1.82) is 0 Å². The Bertz CT molecular complexity index is 4170. The fourth-order valence-electron chi connectivity index (χ4n) is 13.2. The molecule has 1 nitrogen and oxygen atoms in total. The molecular weight excluding hydrogens is 927 g/mol. The molecule has 0 radical (unpaired) electrons. The molecule has 0 bridgehead atoms. The molecule has 2 aliphatic carbocycles. The summed E-state index contributed by atoms with van der Waals surface area (Å²) in [6.45, 7) is 0. The van der Waals surface area contributed by atoms with Crippen molar-refractivity contribution in [1.82, 2.24) is 0 Å². The summed E-state index contributed by atoms with van der Waals surface area (Å²) in [5.41, 5.74) is 20.6. The Hall–Kier alpha value is -7.86. The van der Waals surface area contributed by atoms with E-state index >= 15 is 0 Å². The largest absolute Gasteiger partial charge is 0.310 e. The van der Waals surface area contributed by atoms with Crippen LogP contribution in [-0.2, 0) is 10.8 Å². The minimum Gasteiger partial charge on any atom is -0.310 e. The SMILES string of the molecule is c1ccc2c(c1)Sc1ccccc1C21c2ccccc2-c2ccc(N(c3ccc(-c4ccc5c(c4)sc4ccccc45)cc3)c3cccc4c3-c3ccccc3C43c4ccccc4Sc4ccccc43)cc21. The zero-order valence-electron chi connectivity index (χ0n) is 38.8. The van der Waals surface area contributed by atoms with E-state index in [0.717, 1.165) is 17.1 Å². The molecule has 72 heavy (non-hydrogen) atoms. The van der Waals surface area contributed by atoms with Gasteiger partial charge in [-0.25, -0.2) is 0 Å². The molecule has 0 fully saturated rings. The molecule has 4 aliphatic rings. The number of fused-ring (bicyclic) bond motifs is 21. The molecule has 336 valence electrons. The van der Waals surface area contributed by atoms with Crippen molar-refractivity contribution in [3.63, 3.8) is 0 Å². The predicted octanol–water partition coefficient (Wildman–Crippen LogP) is 18.8. The van der Waals surface area contributed by atoms with Gasteiger partial charge in [-0.2, -0.15) is 0 Å². The van der Waals surface area contributed by atoms with Crippen LogP contribution in [0.3, 0.4) is 0 Å². The normalized spacial score (nSPS) is 14.5. The average molecular weight is 968 g/mol. The van der Waals surface area contributed by atoms with Crippen LogP contribution in [0.5, 0.6) is 0 Å². The zero-order chi connectivity index (χ0) is 47.1. The second-order valence-electron chi connectivity index (χ2n) is 19.4. The lowest BCUT2D eigenvalue weighted by Crippen LogP contribution is -2.32. The predicted molar refractivity (Wildman–Crippen MR) is 302 cm³/mol. The van der Waals surface area contributed by atoms with Gasteiger partial charge in [0.15, 0.2) is 0 Å². The van der Waals surface area contributed by atoms with Crippen LogP contribution >= 0.6 is 34.9 Å². The third kappa shape index (κ3) is 5.41. The lowest BCUT2D eigenvalue weighted by molar-refractivity contribution is 0.722. The summed E-state index contributed by atoms with van der Waals surface area (Å²) >= 11 is 5.66. The number of nitrogens with zero attached hydrogens (tertiary/aromatic N) is 1. The Balaban J connectivity index is 0.960. The van der Waals surface area contributed by atoms with Crippen molar-refractivity contribution in [2.24, 2.45) is 0 Å². The van der Waals surface area contributed by atoms with Crippen LogP contribution in [0.15, 0.2) is 268 Å². The Morgan fingerprint density at radius 3 is 1.42 bits per heavy atom. The van der Waals surface area contributed by atoms with E-state index in [4.69, 9.17) is 0 Å². The molecule has 0 N–H and O–H groups in total. The summed E-state index contributed by atoms with van der Waals surface area (Å²) in [4.78, 5) is 7.79. The second-order valence-corrected chi connectivity index (χ2v) is 22.7. The third-order valence-corrected chi connectivity index (χ3v) is 19.5. The third-order valence-electron chi connectivity index (χ3n) is 16.0. The van der Waals surface area contributed by atoms with Crippen LogP contribution < -0.4 is 4.90 Å². The molecular formula is C68H41NS3. The van der Waals surface area contributed by atoms with Gasteiger partial charge in [0.05, 0.1) is 16.5 Å². The highest BCUT2D eigenvalue weighted by molar-refractivity contribution is 7.99. The highest BCUT2D eigenvalue weighted by Gasteiger charge is 2.52. The molecule has 12 aromatic rings. The van der Waals surface area contributed by atoms with Crippen molar-refractivity contribution in [2.75, 3.05) is 4.90 Å². The molecule has 0 saturated heterocycles. The maximum Gasteiger partial charge on any atom is 0.0736 e. The topological polar surface area (TPSA) is 3.24 Å². The van der Waals surface area contributed by atoms with Crippen LogP contribution in [0.1, 0.15) is 44.5 Å².